The van der Waals surface area contributed by atoms with Gasteiger partial charge in [0, 0.05) is 43.7 Å². The number of hydrogen-bond donors (Lipinski definition) is 1. The van der Waals surface area contributed by atoms with Gasteiger partial charge in [-0.05, 0) is 73.2 Å². The molecule has 3 aromatic rings. The van der Waals surface area contributed by atoms with Crippen molar-refractivity contribution >= 4 is 39.0 Å². The van der Waals surface area contributed by atoms with Crippen molar-refractivity contribution in [1.82, 2.24) is 9.27 Å². The zero-order chi connectivity index (χ0) is 22.5. The Morgan fingerprint density at radius 1 is 0.970 bits per heavy atom. The van der Waals surface area contributed by atoms with Crippen LogP contribution in [-0.2, 0) is 11.2 Å². The van der Waals surface area contributed by atoms with Gasteiger partial charge >= 0.3 is 0 Å². The van der Waals surface area contributed by atoms with Gasteiger partial charge in [0.25, 0.3) is 0 Å². The molecule has 33 heavy (non-hydrogen) atoms. The molecule has 174 valence electrons. The summed E-state index contributed by atoms with van der Waals surface area (Å²) in [6.45, 7) is 6.30. The molecular weight excluding hydrogens is 432 g/mol. The largest absolute Gasteiger partial charge is 0.494 e. The molecule has 1 fully saturated rings. The molecule has 0 atom stereocenters. The maximum atomic E-state index is 11.5. The quantitative estimate of drug-likeness (QED) is 0.455. The van der Waals surface area contributed by atoms with Crippen molar-refractivity contribution in [3.8, 4) is 5.75 Å². The molecule has 1 saturated heterocycles. The zero-order valence-corrected chi connectivity index (χ0v) is 19.9. The standard InChI is InChI=1S/C26H32N4O2S/c31-25-12-9-20-19-21(10-11-23(20)27-25)32-18-6-2-1-5-13-29-14-16-30(17-15-29)26-22-7-3-4-8-24(22)33-28-26/h3-4,7-8,10-11,19H,1-2,5-6,9,12-18H2,(H,27,31). The van der Waals surface area contributed by atoms with E-state index in [9.17, 15) is 4.79 Å². The lowest BCUT2D eigenvalue weighted by Gasteiger charge is -2.35. The van der Waals surface area contributed by atoms with Crippen molar-refractivity contribution in [1.29, 1.82) is 0 Å². The van der Waals surface area contributed by atoms with Crippen LogP contribution in [0.3, 0.4) is 0 Å². The first-order valence-electron chi connectivity index (χ1n) is 12.1. The molecule has 2 aromatic carbocycles. The number of unbranched alkanes of at least 4 members (excludes halogenated alkanes) is 3. The van der Waals surface area contributed by atoms with Crippen LogP contribution in [0, 0.1) is 0 Å². The lowest BCUT2D eigenvalue weighted by atomic mass is 10.0. The zero-order valence-electron chi connectivity index (χ0n) is 19.1. The molecule has 2 aliphatic rings. The summed E-state index contributed by atoms with van der Waals surface area (Å²) in [5.41, 5.74) is 2.11. The summed E-state index contributed by atoms with van der Waals surface area (Å²) in [6.07, 6.45) is 6.14. The third kappa shape index (κ3) is 5.47. The van der Waals surface area contributed by atoms with Crippen LogP contribution < -0.4 is 15.0 Å². The van der Waals surface area contributed by atoms with Gasteiger partial charge in [0.15, 0.2) is 0 Å². The Kier molecular flexibility index (Phi) is 7.07. The van der Waals surface area contributed by atoms with Crippen molar-refractivity contribution in [2.75, 3.05) is 49.5 Å². The van der Waals surface area contributed by atoms with Crippen molar-refractivity contribution in [2.24, 2.45) is 0 Å². The molecule has 0 spiro atoms. The third-order valence-electron chi connectivity index (χ3n) is 6.64. The van der Waals surface area contributed by atoms with E-state index in [1.54, 1.807) is 11.5 Å². The number of nitrogens with zero attached hydrogens (tertiary/aromatic N) is 3. The fraction of sp³-hybridized carbons (Fsp3) is 0.462. The average molecular weight is 465 g/mol. The van der Waals surface area contributed by atoms with E-state index in [2.05, 4.69) is 45.4 Å². The molecule has 0 radical (unpaired) electrons. The number of aryl methyl sites for hydroxylation is 1. The molecule has 1 N–H and O–H groups in total. The maximum Gasteiger partial charge on any atom is 0.224 e. The Balaban J connectivity index is 0.956. The van der Waals surface area contributed by atoms with Crippen molar-refractivity contribution < 1.29 is 9.53 Å². The highest BCUT2D eigenvalue weighted by molar-refractivity contribution is 7.13. The minimum Gasteiger partial charge on any atom is -0.494 e. The van der Waals surface area contributed by atoms with E-state index in [4.69, 9.17) is 9.11 Å². The van der Waals surface area contributed by atoms with Crippen LogP contribution in [0.25, 0.3) is 10.1 Å². The first-order valence-corrected chi connectivity index (χ1v) is 12.9. The van der Waals surface area contributed by atoms with E-state index >= 15 is 0 Å². The maximum absolute atomic E-state index is 11.5. The normalized spacial score (nSPS) is 16.6. The number of ether oxygens (including phenoxy) is 1. The molecule has 0 bridgehead atoms. The Bertz CT molecular complexity index is 1090. The monoisotopic (exact) mass is 464 g/mol. The van der Waals surface area contributed by atoms with Gasteiger partial charge in [-0.3, -0.25) is 9.69 Å². The summed E-state index contributed by atoms with van der Waals surface area (Å²) in [5.74, 6) is 2.18. The van der Waals surface area contributed by atoms with Crippen molar-refractivity contribution in [3.05, 3.63) is 48.0 Å². The molecule has 0 saturated carbocycles. The van der Waals surface area contributed by atoms with E-state index in [-0.39, 0.29) is 5.91 Å². The topological polar surface area (TPSA) is 57.7 Å². The van der Waals surface area contributed by atoms with Gasteiger partial charge in [0.1, 0.15) is 11.6 Å². The SMILES string of the molecule is O=C1CCc2cc(OCCCCCCN3CCN(c4nsc5ccccc45)CC3)ccc2N1. The first kappa shape index (κ1) is 22.2. The van der Waals surface area contributed by atoms with Crippen LogP contribution in [-0.4, -0.2) is 54.5 Å². The van der Waals surface area contributed by atoms with E-state index in [1.807, 2.05) is 12.1 Å². The highest BCUT2D eigenvalue weighted by Crippen LogP contribution is 2.30. The van der Waals surface area contributed by atoms with Crippen LogP contribution in [0.4, 0.5) is 11.5 Å². The number of rotatable bonds is 9. The van der Waals surface area contributed by atoms with Crippen LogP contribution in [0.5, 0.6) is 5.75 Å². The van der Waals surface area contributed by atoms with E-state index in [1.165, 1.54) is 47.3 Å². The number of carbonyl (C=O) groups is 1. The molecular formula is C26H32N4O2S. The Morgan fingerprint density at radius 3 is 2.73 bits per heavy atom. The molecule has 0 unspecified atom stereocenters. The minimum absolute atomic E-state index is 0.103. The summed E-state index contributed by atoms with van der Waals surface area (Å²) >= 11 is 1.61. The number of anilines is 2. The number of benzene rings is 2. The predicted molar refractivity (Wildman–Crippen MR) is 136 cm³/mol. The van der Waals surface area contributed by atoms with Gasteiger partial charge in [-0.25, -0.2) is 0 Å². The number of hydrogen-bond acceptors (Lipinski definition) is 6. The lowest BCUT2D eigenvalue weighted by Crippen LogP contribution is -2.46. The molecule has 1 aromatic heterocycles. The molecule has 7 heteroatoms. The van der Waals surface area contributed by atoms with Crippen LogP contribution in [0.2, 0.25) is 0 Å². The summed E-state index contributed by atoms with van der Waals surface area (Å²) in [6, 6.07) is 14.5. The molecule has 5 rings (SSSR count). The van der Waals surface area contributed by atoms with Crippen LogP contribution >= 0.6 is 11.5 Å². The summed E-state index contributed by atoms with van der Waals surface area (Å²) in [5, 5.41) is 4.21. The first-order chi connectivity index (χ1) is 16.3. The smallest absolute Gasteiger partial charge is 0.224 e. The van der Waals surface area contributed by atoms with E-state index in [0.29, 0.717) is 6.42 Å². The van der Waals surface area contributed by atoms with E-state index in [0.717, 1.165) is 57.1 Å². The van der Waals surface area contributed by atoms with Gasteiger partial charge in [-0.2, -0.15) is 4.37 Å². The third-order valence-corrected chi connectivity index (χ3v) is 7.46. The molecule has 3 heterocycles. The second-order valence-corrected chi connectivity index (χ2v) is 9.77. The number of carbonyl (C=O) groups excluding carboxylic acids is 1. The fourth-order valence-electron chi connectivity index (χ4n) is 4.71. The number of piperazine rings is 1. The second kappa shape index (κ2) is 10.5. The number of aromatic nitrogens is 1. The lowest BCUT2D eigenvalue weighted by molar-refractivity contribution is -0.116. The minimum atomic E-state index is 0.103. The number of amides is 1. The number of fused-ring (bicyclic) bond motifs is 2. The number of nitrogens with one attached hydrogen (secondary N) is 1. The van der Waals surface area contributed by atoms with Gasteiger partial charge < -0.3 is 15.0 Å². The molecule has 0 aliphatic carbocycles. The summed E-state index contributed by atoms with van der Waals surface area (Å²) in [4.78, 5) is 16.5. The highest BCUT2D eigenvalue weighted by Gasteiger charge is 2.20. The van der Waals surface area contributed by atoms with Gasteiger partial charge in [0.05, 0.1) is 11.3 Å². The average Bonchev–Trinajstić information content (AvgIpc) is 3.28. The van der Waals surface area contributed by atoms with Crippen molar-refractivity contribution in [3.63, 3.8) is 0 Å². The van der Waals surface area contributed by atoms with E-state index < -0.39 is 0 Å². The molecule has 6 nitrogen and oxygen atoms in total. The summed E-state index contributed by atoms with van der Waals surface area (Å²) in [7, 11) is 0. The van der Waals surface area contributed by atoms with Gasteiger partial charge in [0.2, 0.25) is 5.91 Å². The van der Waals surface area contributed by atoms with Crippen LogP contribution in [0.1, 0.15) is 37.7 Å². The Morgan fingerprint density at radius 2 is 1.82 bits per heavy atom. The fourth-order valence-corrected chi connectivity index (χ4v) is 5.51. The van der Waals surface area contributed by atoms with Gasteiger partial charge in [-0.15, -0.1) is 0 Å². The van der Waals surface area contributed by atoms with Gasteiger partial charge in [-0.1, -0.05) is 25.0 Å². The summed E-state index contributed by atoms with van der Waals surface area (Å²) < 4.78 is 11.9. The predicted octanol–water partition coefficient (Wildman–Crippen LogP) is 4.94. The Hall–Kier alpha value is -2.64. The molecule has 1 amide bonds. The molecule has 2 aliphatic heterocycles. The Labute approximate surface area is 199 Å². The van der Waals surface area contributed by atoms with Crippen molar-refractivity contribution in [2.45, 2.75) is 38.5 Å². The second-order valence-electron chi connectivity index (χ2n) is 8.96. The van der Waals surface area contributed by atoms with Crippen LogP contribution in [0.15, 0.2) is 42.5 Å². The highest BCUT2D eigenvalue weighted by atomic mass is 32.1.